The van der Waals surface area contributed by atoms with E-state index in [4.69, 9.17) is 0 Å². The van der Waals surface area contributed by atoms with Crippen LogP contribution in [0.3, 0.4) is 0 Å². The second-order valence-electron chi connectivity index (χ2n) is 2.75. The molecule has 12 heavy (non-hydrogen) atoms. The molecule has 65 valence electrons. The van der Waals surface area contributed by atoms with E-state index in [1.54, 1.807) is 12.1 Å². The van der Waals surface area contributed by atoms with Crippen LogP contribution in [-0.2, 0) is 0 Å². The van der Waals surface area contributed by atoms with Gasteiger partial charge in [-0.15, -0.1) is 0 Å². The predicted octanol–water partition coefficient (Wildman–Crippen LogP) is 2.49. The fraction of sp³-hybridized carbons (Fsp3) is 0.300. The summed E-state index contributed by atoms with van der Waals surface area (Å²) in [4.78, 5) is 2.05. The van der Waals surface area contributed by atoms with E-state index in [1.165, 1.54) is 12.1 Å². The van der Waals surface area contributed by atoms with Crippen LogP contribution in [0.5, 0.6) is 0 Å². The second-order valence-corrected chi connectivity index (χ2v) is 2.75. The third-order valence-electron chi connectivity index (χ3n) is 1.76. The quantitative estimate of drug-likeness (QED) is 0.666. The van der Waals surface area contributed by atoms with Gasteiger partial charge >= 0.3 is 0 Å². The van der Waals surface area contributed by atoms with Crippen LogP contribution in [0.2, 0.25) is 0 Å². The van der Waals surface area contributed by atoms with Gasteiger partial charge in [0.25, 0.3) is 0 Å². The Labute approximate surface area is 72.8 Å². The molecule has 0 unspecified atom stereocenters. The van der Waals surface area contributed by atoms with Gasteiger partial charge in [0, 0.05) is 19.3 Å². The normalized spacial score (nSPS) is 9.92. The van der Waals surface area contributed by atoms with Crippen molar-refractivity contribution in [2.45, 2.75) is 6.42 Å². The molecular weight excluding hydrogens is 153 g/mol. The number of hydrogen-bond donors (Lipinski definition) is 0. The smallest absolute Gasteiger partial charge is 0.123 e. The first kappa shape index (κ1) is 9.04. The van der Waals surface area contributed by atoms with Crippen molar-refractivity contribution >= 4 is 5.69 Å². The fourth-order valence-electron chi connectivity index (χ4n) is 1.06. The molecule has 0 aromatic heterocycles. The van der Waals surface area contributed by atoms with Crippen molar-refractivity contribution in [3.63, 3.8) is 0 Å². The van der Waals surface area contributed by atoms with E-state index in [2.05, 4.69) is 6.92 Å². The third kappa shape index (κ3) is 2.22. The predicted molar refractivity (Wildman–Crippen MR) is 49.6 cm³/mol. The molecule has 0 bridgehead atoms. The minimum atomic E-state index is -0.193. The van der Waals surface area contributed by atoms with Gasteiger partial charge in [-0.2, -0.15) is 0 Å². The van der Waals surface area contributed by atoms with Crippen molar-refractivity contribution in [1.29, 1.82) is 0 Å². The summed E-state index contributed by atoms with van der Waals surface area (Å²) in [5, 5.41) is 0. The zero-order valence-electron chi connectivity index (χ0n) is 7.26. The highest BCUT2D eigenvalue weighted by Gasteiger charge is 1.97. The number of hydrogen-bond acceptors (Lipinski definition) is 1. The molecule has 0 N–H and O–H groups in total. The molecular formula is C10H13FN. The van der Waals surface area contributed by atoms with Gasteiger partial charge in [0.15, 0.2) is 0 Å². The Kier molecular flexibility index (Phi) is 3.09. The van der Waals surface area contributed by atoms with E-state index >= 15 is 0 Å². The molecule has 0 amide bonds. The average molecular weight is 166 g/mol. The molecule has 0 spiro atoms. The van der Waals surface area contributed by atoms with E-state index < -0.39 is 0 Å². The molecule has 0 aliphatic carbocycles. The summed E-state index contributed by atoms with van der Waals surface area (Å²) in [7, 11) is 1.97. The van der Waals surface area contributed by atoms with Crippen molar-refractivity contribution < 1.29 is 4.39 Å². The first-order valence-corrected chi connectivity index (χ1v) is 4.00. The standard InChI is InChI=1S/C10H13FN/c1-3-8-12(2)10-6-4-9(11)5-7-10/h4-7H,1,3,8H2,2H3. The lowest BCUT2D eigenvalue weighted by Crippen LogP contribution is -2.17. The summed E-state index contributed by atoms with van der Waals surface area (Å²) in [6, 6.07) is 6.47. The van der Waals surface area contributed by atoms with Gasteiger partial charge in [-0.25, -0.2) is 4.39 Å². The van der Waals surface area contributed by atoms with Gasteiger partial charge in [-0.1, -0.05) is 6.92 Å². The Morgan fingerprint density at radius 1 is 1.33 bits per heavy atom. The van der Waals surface area contributed by atoms with Crippen molar-refractivity contribution in [3.05, 3.63) is 37.0 Å². The lowest BCUT2D eigenvalue weighted by atomic mass is 10.3. The van der Waals surface area contributed by atoms with Gasteiger partial charge < -0.3 is 4.90 Å². The summed E-state index contributed by atoms with van der Waals surface area (Å²) in [6.45, 7) is 4.65. The van der Waals surface area contributed by atoms with Crippen molar-refractivity contribution in [2.24, 2.45) is 0 Å². The Balaban J connectivity index is 2.68. The molecule has 2 heteroatoms. The van der Waals surface area contributed by atoms with E-state index in [1.807, 2.05) is 11.9 Å². The Hall–Kier alpha value is -1.05. The number of halogens is 1. The number of benzene rings is 1. The molecule has 0 fully saturated rings. The molecule has 1 radical (unpaired) electrons. The number of rotatable bonds is 3. The Bertz CT molecular complexity index is 230. The summed E-state index contributed by atoms with van der Waals surface area (Å²) in [5.74, 6) is -0.193. The molecule has 1 nitrogen and oxygen atoms in total. The zero-order chi connectivity index (χ0) is 8.97. The van der Waals surface area contributed by atoms with E-state index in [0.717, 1.165) is 18.7 Å². The molecule has 1 aromatic rings. The van der Waals surface area contributed by atoms with Crippen LogP contribution in [0, 0.1) is 12.7 Å². The Morgan fingerprint density at radius 2 is 1.92 bits per heavy atom. The minimum absolute atomic E-state index is 0.193. The van der Waals surface area contributed by atoms with E-state index in [9.17, 15) is 4.39 Å². The lowest BCUT2D eigenvalue weighted by Gasteiger charge is -2.17. The van der Waals surface area contributed by atoms with Crippen LogP contribution in [0.1, 0.15) is 6.42 Å². The second kappa shape index (κ2) is 4.10. The molecule has 0 saturated heterocycles. The monoisotopic (exact) mass is 166 g/mol. The Morgan fingerprint density at radius 3 is 2.42 bits per heavy atom. The SMILES string of the molecule is [CH2]CCN(C)c1ccc(F)cc1. The molecule has 0 atom stereocenters. The van der Waals surface area contributed by atoms with Gasteiger partial charge in [0.05, 0.1) is 0 Å². The van der Waals surface area contributed by atoms with Crippen LogP contribution in [-0.4, -0.2) is 13.6 Å². The van der Waals surface area contributed by atoms with Crippen molar-refractivity contribution in [2.75, 3.05) is 18.5 Å². The maximum Gasteiger partial charge on any atom is 0.123 e. The summed E-state index contributed by atoms with van der Waals surface area (Å²) in [6.07, 6.45) is 0.855. The lowest BCUT2D eigenvalue weighted by molar-refractivity contribution is 0.627. The molecule has 1 aromatic carbocycles. The summed E-state index contributed by atoms with van der Waals surface area (Å²) >= 11 is 0. The third-order valence-corrected chi connectivity index (χ3v) is 1.76. The van der Waals surface area contributed by atoms with Gasteiger partial charge in [-0.05, 0) is 30.7 Å². The van der Waals surface area contributed by atoms with Crippen LogP contribution in [0.15, 0.2) is 24.3 Å². The molecule has 0 heterocycles. The van der Waals surface area contributed by atoms with Crippen LogP contribution in [0.25, 0.3) is 0 Å². The maximum atomic E-state index is 12.5. The first-order valence-electron chi connectivity index (χ1n) is 4.00. The fourth-order valence-corrected chi connectivity index (χ4v) is 1.06. The van der Waals surface area contributed by atoms with Crippen LogP contribution in [0.4, 0.5) is 10.1 Å². The van der Waals surface area contributed by atoms with Crippen LogP contribution >= 0.6 is 0 Å². The summed E-state index contributed by atoms with van der Waals surface area (Å²) in [5.41, 5.74) is 1.03. The molecule has 0 aliphatic heterocycles. The highest BCUT2D eigenvalue weighted by Crippen LogP contribution is 2.12. The van der Waals surface area contributed by atoms with E-state index in [-0.39, 0.29) is 5.82 Å². The highest BCUT2D eigenvalue weighted by atomic mass is 19.1. The minimum Gasteiger partial charge on any atom is -0.375 e. The van der Waals surface area contributed by atoms with Gasteiger partial charge in [0.1, 0.15) is 5.82 Å². The van der Waals surface area contributed by atoms with E-state index in [0.29, 0.717) is 0 Å². The number of anilines is 1. The first-order chi connectivity index (χ1) is 5.74. The van der Waals surface area contributed by atoms with Crippen LogP contribution < -0.4 is 4.90 Å². The van der Waals surface area contributed by atoms with Gasteiger partial charge in [-0.3, -0.25) is 0 Å². The molecule has 1 rings (SSSR count). The number of nitrogens with zero attached hydrogens (tertiary/aromatic N) is 1. The summed E-state index contributed by atoms with van der Waals surface area (Å²) < 4.78 is 12.5. The largest absolute Gasteiger partial charge is 0.375 e. The van der Waals surface area contributed by atoms with Crippen molar-refractivity contribution in [3.8, 4) is 0 Å². The van der Waals surface area contributed by atoms with Crippen molar-refractivity contribution in [1.82, 2.24) is 0 Å². The topological polar surface area (TPSA) is 3.24 Å². The molecule has 0 saturated carbocycles. The zero-order valence-corrected chi connectivity index (χ0v) is 7.26. The average Bonchev–Trinajstić information content (AvgIpc) is 2.06. The van der Waals surface area contributed by atoms with Gasteiger partial charge in [0.2, 0.25) is 0 Å². The maximum absolute atomic E-state index is 12.5. The molecule has 0 aliphatic rings. The highest BCUT2D eigenvalue weighted by molar-refractivity contribution is 5.45.